The molecule has 0 bridgehead atoms. The lowest BCUT2D eigenvalue weighted by molar-refractivity contribution is 0.0952. The molecule has 0 saturated carbocycles. The molecule has 0 fully saturated rings. The fraction of sp³-hybridized carbons (Fsp3) is 0.308. The molecule has 2 aromatic heterocycles. The van der Waals surface area contributed by atoms with Crippen molar-refractivity contribution in [1.82, 2.24) is 19.7 Å². The molecular formula is C13H15BrN4O2. The minimum atomic E-state index is -0.187. The maximum absolute atomic E-state index is 11.9. The van der Waals surface area contributed by atoms with Crippen LogP contribution in [0.2, 0.25) is 0 Å². The summed E-state index contributed by atoms with van der Waals surface area (Å²) >= 11 is 3.31. The molecule has 0 aliphatic rings. The molecule has 20 heavy (non-hydrogen) atoms. The number of carbonyl (C=O) groups is 1. The first kappa shape index (κ1) is 14.5. The van der Waals surface area contributed by atoms with Crippen LogP contribution in [0.5, 0.6) is 0 Å². The second kappa shape index (κ2) is 6.51. The van der Waals surface area contributed by atoms with E-state index in [9.17, 15) is 9.59 Å². The van der Waals surface area contributed by atoms with Crippen molar-refractivity contribution in [2.24, 2.45) is 0 Å². The third-order valence-corrected chi connectivity index (χ3v) is 3.27. The van der Waals surface area contributed by atoms with Gasteiger partial charge in [0.25, 0.3) is 11.5 Å². The van der Waals surface area contributed by atoms with Gasteiger partial charge in [0.1, 0.15) is 0 Å². The van der Waals surface area contributed by atoms with Crippen LogP contribution in [0.3, 0.4) is 0 Å². The molecule has 1 amide bonds. The van der Waals surface area contributed by atoms with Gasteiger partial charge < -0.3 is 9.88 Å². The first-order valence-electron chi connectivity index (χ1n) is 6.27. The number of aryl methyl sites for hydroxylation is 1. The number of rotatable bonds is 5. The van der Waals surface area contributed by atoms with Crippen LogP contribution in [0.15, 0.2) is 40.0 Å². The van der Waals surface area contributed by atoms with Gasteiger partial charge >= 0.3 is 0 Å². The van der Waals surface area contributed by atoms with Crippen LogP contribution in [0.4, 0.5) is 0 Å². The smallest absolute Gasteiger partial charge is 0.254 e. The van der Waals surface area contributed by atoms with Crippen molar-refractivity contribution in [1.29, 1.82) is 0 Å². The summed E-state index contributed by atoms with van der Waals surface area (Å²) < 4.78 is 4.06. The van der Waals surface area contributed by atoms with E-state index in [1.165, 1.54) is 12.3 Å². The van der Waals surface area contributed by atoms with E-state index in [0.29, 0.717) is 18.7 Å². The van der Waals surface area contributed by atoms with Gasteiger partial charge in [0.2, 0.25) is 0 Å². The molecule has 2 heterocycles. The van der Waals surface area contributed by atoms with Gasteiger partial charge in [-0.25, -0.2) is 0 Å². The largest absolute Gasteiger partial charge is 0.350 e. The summed E-state index contributed by atoms with van der Waals surface area (Å²) in [6.07, 6.45) is 4.92. The van der Waals surface area contributed by atoms with Crippen LogP contribution in [0.25, 0.3) is 0 Å². The Labute approximate surface area is 124 Å². The van der Waals surface area contributed by atoms with E-state index in [1.54, 1.807) is 27.7 Å². The van der Waals surface area contributed by atoms with Crippen LogP contribution < -0.4 is 10.9 Å². The SMILES string of the molecule is CCn1cc(C(=O)NCCn2cc(Br)ccc2=O)cn1. The van der Waals surface area contributed by atoms with Gasteiger partial charge in [0, 0.05) is 42.6 Å². The minimum Gasteiger partial charge on any atom is -0.350 e. The van der Waals surface area contributed by atoms with Crippen LogP contribution in [0, 0.1) is 0 Å². The zero-order chi connectivity index (χ0) is 14.5. The van der Waals surface area contributed by atoms with Crippen molar-refractivity contribution in [3.63, 3.8) is 0 Å². The van der Waals surface area contributed by atoms with Gasteiger partial charge in [-0.3, -0.25) is 14.3 Å². The molecule has 0 aliphatic carbocycles. The highest BCUT2D eigenvalue weighted by Crippen LogP contribution is 2.04. The van der Waals surface area contributed by atoms with Crippen molar-refractivity contribution < 1.29 is 4.79 Å². The molecule has 1 N–H and O–H groups in total. The Morgan fingerprint density at radius 1 is 1.40 bits per heavy atom. The molecule has 0 atom stereocenters. The number of pyridine rings is 1. The first-order valence-corrected chi connectivity index (χ1v) is 7.06. The third-order valence-electron chi connectivity index (χ3n) is 2.81. The number of aromatic nitrogens is 3. The first-order chi connectivity index (χ1) is 9.60. The lowest BCUT2D eigenvalue weighted by atomic mass is 10.3. The predicted molar refractivity (Wildman–Crippen MR) is 78.6 cm³/mol. The standard InChI is InChI=1S/C13H15BrN4O2/c1-2-18-8-10(7-16-18)13(20)15-5-6-17-9-11(14)3-4-12(17)19/h3-4,7-9H,2,5-6H2,1H3,(H,15,20). The normalized spacial score (nSPS) is 10.5. The van der Waals surface area contributed by atoms with Crippen molar-refractivity contribution in [2.45, 2.75) is 20.0 Å². The number of nitrogens with one attached hydrogen (secondary N) is 1. The Hall–Kier alpha value is -1.89. The number of nitrogens with zero attached hydrogens (tertiary/aromatic N) is 3. The zero-order valence-corrected chi connectivity index (χ0v) is 12.6. The fourth-order valence-corrected chi connectivity index (χ4v) is 2.10. The Balaban J connectivity index is 1.91. The molecule has 2 rings (SSSR count). The highest BCUT2D eigenvalue weighted by atomic mass is 79.9. The van der Waals surface area contributed by atoms with Crippen molar-refractivity contribution in [3.8, 4) is 0 Å². The average molecular weight is 339 g/mol. The lowest BCUT2D eigenvalue weighted by Crippen LogP contribution is -2.30. The zero-order valence-electron chi connectivity index (χ0n) is 11.0. The van der Waals surface area contributed by atoms with E-state index < -0.39 is 0 Å². The van der Waals surface area contributed by atoms with Gasteiger partial charge in [-0.05, 0) is 28.9 Å². The van der Waals surface area contributed by atoms with Crippen molar-refractivity contribution >= 4 is 21.8 Å². The second-order valence-electron chi connectivity index (χ2n) is 4.22. The number of amides is 1. The second-order valence-corrected chi connectivity index (χ2v) is 5.14. The maximum Gasteiger partial charge on any atom is 0.254 e. The number of halogens is 1. The van der Waals surface area contributed by atoms with Crippen LogP contribution >= 0.6 is 15.9 Å². The summed E-state index contributed by atoms with van der Waals surface area (Å²) in [5.41, 5.74) is 0.426. The topological polar surface area (TPSA) is 68.9 Å². The van der Waals surface area contributed by atoms with Gasteiger partial charge in [-0.15, -0.1) is 0 Å². The molecule has 2 aromatic rings. The summed E-state index contributed by atoms with van der Waals surface area (Å²) in [7, 11) is 0. The Bertz CT molecular complexity index is 662. The summed E-state index contributed by atoms with van der Waals surface area (Å²) in [6, 6.07) is 3.17. The van der Waals surface area contributed by atoms with Gasteiger partial charge in [0.05, 0.1) is 11.8 Å². The molecular weight excluding hydrogens is 324 g/mol. The minimum absolute atomic E-state index is 0.0961. The van der Waals surface area contributed by atoms with E-state index in [0.717, 1.165) is 11.0 Å². The average Bonchev–Trinajstić information content (AvgIpc) is 2.91. The molecule has 0 aliphatic heterocycles. The van der Waals surface area contributed by atoms with Crippen LogP contribution in [-0.2, 0) is 13.1 Å². The monoisotopic (exact) mass is 338 g/mol. The highest BCUT2D eigenvalue weighted by Gasteiger charge is 2.07. The molecule has 0 unspecified atom stereocenters. The molecule has 106 valence electrons. The Morgan fingerprint density at radius 3 is 2.90 bits per heavy atom. The summed E-state index contributed by atoms with van der Waals surface area (Å²) in [5, 5.41) is 6.81. The van der Waals surface area contributed by atoms with E-state index in [4.69, 9.17) is 0 Å². The fourth-order valence-electron chi connectivity index (χ4n) is 1.72. The molecule has 0 saturated heterocycles. The van der Waals surface area contributed by atoms with E-state index in [-0.39, 0.29) is 11.5 Å². The lowest BCUT2D eigenvalue weighted by Gasteiger charge is -2.07. The summed E-state index contributed by atoms with van der Waals surface area (Å²) in [6.45, 7) is 3.48. The Morgan fingerprint density at radius 2 is 2.20 bits per heavy atom. The van der Waals surface area contributed by atoms with Crippen molar-refractivity contribution in [2.75, 3.05) is 6.54 Å². The molecule has 6 nitrogen and oxygen atoms in total. The number of hydrogen-bond acceptors (Lipinski definition) is 3. The van der Waals surface area contributed by atoms with Gasteiger partial charge in [-0.2, -0.15) is 5.10 Å². The predicted octanol–water partition coefficient (Wildman–Crippen LogP) is 1.26. The molecule has 0 spiro atoms. The van der Waals surface area contributed by atoms with Crippen LogP contribution in [0.1, 0.15) is 17.3 Å². The summed E-state index contributed by atoms with van der Waals surface area (Å²) in [4.78, 5) is 23.4. The molecule has 0 aromatic carbocycles. The van der Waals surface area contributed by atoms with E-state index in [1.807, 2.05) is 6.92 Å². The maximum atomic E-state index is 11.9. The molecule has 7 heteroatoms. The molecule has 0 radical (unpaired) electrons. The number of hydrogen-bond donors (Lipinski definition) is 1. The number of carbonyl (C=O) groups excluding carboxylic acids is 1. The highest BCUT2D eigenvalue weighted by molar-refractivity contribution is 9.10. The van der Waals surface area contributed by atoms with Gasteiger partial charge in [0.15, 0.2) is 0 Å². The van der Waals surface area contributed by atoms with Crippen LogP contribution in [-0.4, -0.2) is 26.8 Å². The Kier molecular flexibility index (Phi) is 4.73. The van der Waals surface area contributed by atoms with Gasteiger partial charge in [-0.1, -0.05) is 0 Å². The summed E-state index contributed by atoms with van der Waals surface area (Å²) in [5.74, 6) is -0.187. The quantitative estimate of drug-likeness (QED) is 0.892. The third kappa shape index (κ3) is 3.57. The van der Waals surface area contributed by atoms with Crippen molar-refractivity contribution in [3.05, 3.63) is 51.1 Å². The van der Waals surface area contributed by atoms with E-state index >= 15 is 0 Å². The van der Waals surface area contributed by atoms with E-state index in [2.05, 4.69) is 26.3 Å².